The quantitative estimate of drug-likeness (QED) is 0.517. The van der Waals surface area contributed by atoms with Crippen LogP contribution in [0, 0.1) is 6.92 Å². The van der Waals surface area contributed by atoms with Crippen LogP contribution in [0.2, 0.25) is 0 Å². The van der Waals surface area contributed by atoms with Crippen LogP contribution in [0.4, 0.5) is 27.1 Å². The monoisotopic (exact) mass is 446 g/mol. The number of rotatable bonds is 7. The van der Waals surface area contributed by atoms with Gasteiger partial charge in [0.1, 0.15) is 6.61 Å². The van der Waals surface area contributed by atoms with Gasteiger partial charge in [-0.25, -0.2) is 9.97 Å². The molecule has 30 heavy (non-hydrogen) atoms. The van der Waals surface area contributed by atoms with E-state index in [1.165, 1.54) is 30.5 Å². The Labute approximate surface area is 171 Å². The van der Waals surface area contributed by atoms with Crippen LogP contribution in [0.1, 0.15) is 28.2 Å². The predicted octanol–water partition coefficient (Wildman–Crippen LogP) is 5.04. The highest BCUT2D eigenvalue weighted by molar-refractivity contribution is 7.19. The molecule has 0 unspecified atom stereocenters. The SMILES string of the molecule is Cc1nc(NC(=O)c2ccc(COCC(F)(F)F)cc2)sc1-c1nccn1C(F)F. The number of nitrogens with zero attached hydrogens (tertiary/aromatic N) is 3. The Bertz CT molecular complexity index is 1010. The van der Waals surface area contributed by atoms with Gasteiger partial charge >= 0.3 is 12.7 Å². The van der Waals surface area contributed by atoms with Crippen LogP contribution in [0.3, 0.4) is 0 Å². The molecular weight excluding hydrogens is 431 g/mol. The molecule has 0 bridgehead atoms. The Morgan fingerprint density at radius 2 is 1.97 bits per heavy atom. The van der Waals surface area contributed by atoms with Gasteiger partial charge in [0.05, 0.1) is 17.2 Å². The molecular formula is C18H15F5N4O2S. The van der Waals surface area contributed by atoms with Crippen molar-refractivity contribution in [1.29, 1.82) is 0 Å². The highest BCUT2D eigenvalue weighted by Gasteiger charge is 2.27. The van der Waals surface area contributed by atoms with Crippen LogP contribution in [-0.4, -0.2) is 33.2 Å². The fraction of sp³-hybridized carbons (Fsp3) is 0.278. The maximum absolute atomic E-state index is 13.1. The summed E-state index contributed by atoms with van der Waals surface area (Å²) in [4.78, 5) is 20.9. The van der Waals surface area contributed by atoms with Crippen molar-refractivity contribution >= 4 is 22.4 Å². The lowest BCUT2D eigenvalue weighted by molar-refractivity contribution is -0.176. The minimum atomic E-state index is -4.41. The summed E-state index contributed by atoms with van der Waals surface area (Å²) in [7, 11) is 0. The number of nitrogens with one attached hydrogen (secondary N) is 1. The number of imidazole rings is 1. The second-order valence-electron chi connectivity index (χ2n) is 6.13. The number of benzene rings is 1. The normalized spacial score (nSPS) is 11.8. The maximum Gasteiger partial charge on any atom is 0.411 e. The first-order chi connectivity index (χ1) is 14.1. The molecule has 0 aliphatic rings. The van der Waals surface area contributed by atoms with Crippen molar-refractivity contribution < 1.29 is 31.5 Å². The van der Waals surface area contributed by atoms with E-state index in [2.05, 4.69) is 20.0 Å². The molecule has 1 N–H and O–H groups in total. The van der Waals surface area contributed by atoms with Crippen molar-refractivity contribution in [2.24, 2.45) is 0 Å². The smallest absolute Gasteiger partial charge is 0.367 e. The number of halogens is 5. The molecule has 12 heteroatoms. The Balaban J connectivity index is 1.66. The lowest BCUT2D eigenvalue weighted by Gasteiger charge is -2.08. The van der Waals surface area contributed by atoms with Gasteiger partial charge in [-0.3, -0.25) is 14.7 Å². The van der Waals surface area contributed by atoms with E-state index in [-0.39, 0.29) is 23.1 Å². The number of ether oxygens (including phenoxy) is 1. The van der Waals surface area contributed by atoms with E-state index in [4.69, 9.17) is 0 Å². The highest BCUT2D eigenvalue weighted by atomic mass is 32.1. The summed E-state index contributed by atoms with van der Waals surface area (Å²) < 4.78 is 67.7. The van der Waals surface area contributed by atoms with E-state index in [0.717, 1.165) is 17.5 Å². The number of hydrogen-bond donors (Lipinski definition) is 1. The topological polar surface area (TPSA) is 69.0 Å². The van der Waals surface area contributed by atoms with Gasteiger partial charge < -0.3 is 4.74 Å². The van der Waals surface area contributed by atoms with Crippen LogP contribution in [0.5, 0.6) is 0 Å². The Hall–Kier alpha value is -2.86. The van der Waals surface area contributed by atoms with Gasteiger partial charge in [0.25, 0.3) is 5.91 Å². The van der Waals surface area contributed by atoms with E-state index in [9.17, 15) is 26.7 Å². The minimum absolute atomic E-state index is 0.0451. The van der Waals surface area contributed by atoms with Crippen molar-refractivity contribution in [3.63, 3.8) is 0 Å². The van der Waals surface area contributed by atoms with Gasteiger partial charge in [-0.1, -0.05) is 23.5 Å². The van der Waals surface area contributed by atoms with Crippen molar-refractivity contribution in [3.8, 4) is 10.7 Å². The molecule has 0 radical (unpaired) electrons. The van der Waals surface area contributed by atoms with E-state index >= 15 is 0 Å². The largest absolute Gasteiger partial charge is 0.411 e. The molecule has 0 saturated carbocycles. The maximum atomic E-state index is 13.1. The first kappa shape index (κ1) is 21.8. The third kappa shape index (κ3) is 5.39. The summed E-state index contributed by atoms with van der Waals surface area (Å²) >= 11 is 1.00. The third-order valence-electron chi connectivity index (χ3n) is 3.85. The average Bonchev–Trinajstić information content (AvgIpc) is 3.27. The number of hydrogen-bond acceptors (Lipinski definition) is 5. The minimum Gasteiger partial charge on any atom is -0.367 e. The standard InChI is InChI=1S/C18H15F5N4O2S/c1-10-13(14-24-6-7-27(14)16(19)20)30-17(25-10)26-15(28)12-4-2-11(3-5-12)8-29-9-18(21,22)23/h2-7,16H,8-9H2,1H3,(H,25,26,28). The molecule has 0 aliphatic heterocycles. The number of aryl methyl sites for hydroxylation is 1. The van der Waals surface area contributed by atoms with Gasteiger partial charge in [-0.05, 0) is 24.6 Å². The number of amides is 1. The van der Waals surface area contributed by atoms with Crippen molar-refractivity contribution in [2.75, 3.05) is 11.9 Å². The van der Waals surface area contributed by atoms with Crippen LogP contribution in [0.25, 0.3) is 10.7 Å². The van der Waals surface area contributed by atoms with Crippen LogP contribution in [0.15, 0.2) is 36.7 Å². The first-order valence-electron chi connectivity index (χ1n) is 8.47. The molecule has 1 aromatic carbocycles. The van der Waals surface area contributed by atoms with E-state index in [1.807, 2.05) is 0 Å². The van der Waals surface area contributed by atoms with E-state index in [0.29, 0.717) is 20.7 Å². The van der Waals surface area contributed by atoms with Crippen molar-refractivity contribution in [2.45, 2.75) is 26.3 Å². The lowest BCUT2D eigenvalue weighted by Crippen LogP contribution is -2.16. The molecule has 160 valence electrons. The number of carbonyl (C=O) groups excluding carboxylic acids is 1. The molecule has 0 atom stereocenters. The van der Waals surface area contributed by atoms with Gasteiger partial charge in [0.15, 0.2) is 11.0 Å². The van der Waals surface area contributed by atoms with Crippen LogP contribution in [-0.2, 0) is 11.3 Å². The first-order valence-corrected chi connectivity index (χ1v) is 9.29. The van der Waals surface area contributed by atoms with Crippen molar-refractivity contribution in [3.05, 3.63) is 53.5 Å². The highest BCUT2D eigenvalue weighted by Crippen LogP contribution is 2.33. The second-order valence-corrected chi connectivity index (χ2v) is 7.13. The Kier molecular flexibility index (Phi) is 6.46. The number of thiazole rings is 1. The zero-order valence-electron chi connectivity index (χ0n) is 15.4. The molecule has 2 heterocycles. The number of aromatic nitrogens is 3. The molecule has 0 aliphatic carbocycles. The molecule has 0 spiro atoms. The lowest BCUT2D eigenvalue weighted by atomic mass is 10.1. The Morgan fingerprint density at radius 1 is 1.27 bits per heavy atom. The number of alkyl halides is 5. The molecule has 0 saturated heterocycles. The molecule has 0 fully saturated rings. The zero-order valence-corrected chi connectivity index (χ0v) is 16.2. The fourth-order valence-corrected chi connectivity index (χ4v) is 3.47. The molecule has 3 rings (SSSR count). The molecule has 3 aromatic rings. The second kappa shape index (κ2) is 8.88. The molecule has 6 nitrogen and oxygen atoms in total. The fourth-order valence-electron chi connectivity index (χ4n) is 2.51. The third-order valence-corrected chi connectivity index (χ3v) is 4.92. The molecule has 1 amide bonds. The van der Waals surface area contributed by atoms with Gasteiger partial charge in [-0.2, -0.15) is 22.0 Å². The van der Waals surface area contributed by atoms with Gasteiger partial charge in [0, 0.05) is 18.0 Å². The summed E-state index contributed by atoms with van der Waals surface area (Å²) in [6, 6.07) is 5.82. The summed E-state index contributed by atoms with van der Waals surface area (Å²) in [5.41, 5.74) is 1.15. The zero-order chi connectivity index (χ0) is 21.9. The summed E-state index contributed by atoms with van der Waals surface area (Å²) in [5.74, 6) is -0.459. The van der Waals surface area contributed by atoms with E-state index in [1.54, 1.807) is 6.92 Å². The number of anilines is 1. The molecule has 2 aromatic heterocycles. The van der Waals surface area contributed by atoms with Gasteiger partial charge in [-0.15, -0.1) is 0 Å². The summed E-state index contributed by atoms with van der Waals surface area (Å²) in [6.45, 7) is -2.75. The average molecular weight is 446 g/mol. The number of carbonyl (C=O) groups is 1. The van der Waals surface area contributed by atoms with Crippen LogP contribution >= 0.6 is 11.3 Å². The van der Waals surface area contributed by atoms with Gasteiger partial charge in [0.2, 0.25) is 0 Å². The van der Waals surface area contributed by atoms with Crippen molar-refractivity contribution in [1.82, 2.24) is 14.5 Å². The van der Waals surface area contributed by atoms with Crippen LogP contribution < -0.4 is 5.32 Å². The summed E-state index contributed by atoms with van der Waals surface area (Å²) in [5, 5.41) is 2.78. The Morgan fingerprint density at radius 3 is 2.60 bits per heavy atom. The summed E-state index contributed by atoms with van der Waals surface area (Å²) in [6.07, 6.45) is -2.01. The predicted molar refractivity (Wildman–Crippen MR) is 99.4 cm³/mol. The van der Waals surface area contributed by atoms with E-state index < -0.39 is 25.2 Å².